The molecule has 0 saturated heterocycles. The Bertz CT molecular complexity index is 644. The van der Waals surface area contributed by atoms with Gasteiger partial charge in [-0.3, -0.25) is 9.78 Å². The van der Waals surface area contributed by atoms with Crippen LogP contribution in [-0.4, -0.2) is 26.5 Å². The van der Waals surface area contributed by atoms with Crippen LogP contribution in [0.1, 0.15) is 11.4 Å². The van der Waals surface area contributed by atoms with Crippen LogP contribution in [-0.2, 0) is 17.5 Å². The van der Waals surface area contributed by atoms with Crippen LogP contribution in [0, 0.1) is 0 Å². The molecule has 21 heavy (non-hydrogen) atoms. The number of carbonyl (C=O) groups is 1. The van der Waals surface area contributed by atoms with Crippen molar-refractivity contribution < 1.29 is 23.1 Å². The van der Waals surface area contributed by atoms with Crippen LogP contribution in [0.25, 0.3) is 11.3 Å². The van der Waals surface area contributed by atoms with Gasteiger partial charge in [0.2, 0.25) is 12.2 Å². The number of halogens is 3. The molecule has 0 unspecified atom stereocenters. The molecular weight excluding hydrogens is 289 g/mol. The first-order valence-corrected chi connectivity index (χ1v) is 5.66. The number of aromatic hydroxyl groups is 1. The second kappa shape index (κ2) is 5.73. The van der Waals surface area contributed by atoms with Crippen molar-refractivity contribution in [2.24, 2.45) is 0 Å². The van der Waals surface area contributed by atoms with Crippen LogP contribution in [0.3, 0.4) is 0 Å². The van der Waals surface area contributed by atoms with Gasteiger partial charge >= 0.3 is 6.18 Å². The Hall–Kier alpha value is -2.71. The van der Waals surface area contributed by atoms with Crippen molar-refractivity contribution in [2.45, 2.75) is 12.7 Å². The third-order valence-corrected chi connectivity index (χ3v) is 2.54. The van der Waals surface area contributed by atoms with Crippen molar-refractivity contribution >= 4 is 6.41 Å². The molecular formula is C12H9F3N4O2. The van der Waals surface area contributed by atoms with Gasteiger partial charge in [-0.1, -0.05) is 0 Å². The van der Waals surface area contributed by atoms with E-state index in [0.717, 1.165) is 18.6 Å². The molecule has 2 aromatic heterocycles. The van der Waals surface area contributed by atoms with Gasteiger partial charge in [0.25, 0.3) is 0 Å². The maximum absolute atomic E-state index is 12.4. The largest absolute Gasteiger partial charge is 0.506 e. The standard InChI is InChI=1S/C12H9F3N4O2/c13-12(14,15)11-18-3-8(4-19-11)9-1-7(2-16-6-20)10(21)5-17-9/h1,3-6,21H,2H2,(H,16,20). The molecule has 0 aliphatic carbocycles. The van der Waals surface area contributed by atoms with E-state index in [2.05, 4.69) is 20.3 Å². The first-order valence-electron chi connectivity index (χ1n) is 5.66. The van der Waals surface area contributed by atoms with E-state index in [0.29, 0.717) is 12.0 Å². The lowest BCUT2D eigenvalue weighted by atomic mass is 10.1. The van der Waals surface area contributed by atoms with E-state index in [1.807, 2.05) is 0 Å². The Morgan fingerprint density at radius 1 is 1.19 bits per heavy atom. The lowest BCUT2D eigenvalue weighted by Gasteiger charge is -2.08. The topological polar surface area (TPSA) is 88.0 Å². The average Bonchev–Trinajstić information content (AvgIpc) is 2.46. The fourth-order valence-corrected chi connectivity index (χ4v) is 1.55. The summed E-state index contributed by atoms with van der Waals surface area (Å²) in [5.74, 6) is -1.38. The molecule has 0 aromatic carbocycles. The third kappa shape index (κ3) is 3.44. The molecule has 0 spiro atoms. The summed E-state index contributed by atoms with van der Waals surface area (Å²) in [5, 5.41) is 11.9. The fraction of sp³-hybridized carbons (Fsp3) is 0.167. The van der Waals surface area contributed by atoms with Gasteiger partial charge in [0.1, 0.15) is 5.75 Å². The molecule has 0 saturated carbocycles. The number of hydrogen-bond acceptors (Lipinski definition) is 5. The highest BCUT2D eigenvalue weighted by Gasteiger charge is 2.34. The minimum absolute atomic E-state index is 0.0619. The number of alkyl halides is 3. The average molecular weight is 298 g/mol. The highest BCUT2D eigenvalue weighted by atomic mass is 19.4. The fourth-order valence-electron chi connectivity index (χ4n) is 1.55. The SMILES string of the molecule is O=CNCc1cc(-c2cnc(C(F)(F)F)nc2)ncc1O. The van der Waals surface area contributed by atoms with Gasteiger partial charge < -0.3 is 10.4 Å². The molecule has 2 heterocycles. The second-order valence-electron chi connectivity index (χ2n) is 3.99. The highest BCUT2D eigenvalue weighted by molar-refractivity contribution is 5.59. The Morgan fingerprint density at radius 3 is 2.43 bits per heavy atom. The summed E-state index contributed by atoms with van der Waals surface area (Å²) in [6.07, 6.45) is -1.03. The number of rotatable bonds is 4. The van der Waals surface area contributed by atoms with Crippen molar-refractivity contribution in [1.82, 2.24) is 20.3 Å². The Labute approximate surface area is 116 Å². The molecule has 1 amide bonds. The van der Waals surface area contributed by atoms with Crippen LogP contribution in [0.2, 0.25) is 0 Å². The van der Waals surface area contributed by atoms with E-state index in [1.165, 1.54) is 6.07 Å². The quantitative estimate of drug-likeness (QED) is 0.835. The number of nitrogens with one attached hydrogen (secondary N) is 1. The van der Waals surface area contributed by atoms with Crippen molar-refractivity contribution in [3.8, 4) is 17.0 Å². The molecule has 0 radical (unpaired) electrons. The molecule has 0 aliphatic heterocycles. The van der Waals surface area contributed by atoms with Gasteiger partial charge in [-0.15, -0.1) is 0 Å². The zero-order valence-corrected chi connectivity index (χ0v) is 10.4. The van der Waals surface area contributed by atoms with E-state index in [1.54, 1.807) is 0 Å². The van der Waals surface area contributed by atoms with Crippen LogP contribution in [0.5, 0.6) is 5.75 Å². The van der Waals surface area contributed by atoms with Crippen molar-refractivity contribution in [1.29, 1.82) is 0 Å². The Kier molecular flexibility index (Phi) is 4.01. The Balaban J connectivity index is 2.31. The molecule has 2 N–H and O–H groups in total. The normalized spacial score (nSPS) is 11.2. The number of carbonyl (C=O) groups excluding carboxylic acids is 1. The maximum Gasteiger partial charge on any atom is 0.451 e. The van der Waals surface area contributed by atoms with Crippen molar-refractivity contribution in [3.63, 3.8) is 0 Å². The summed E-state index contributed by atoms with van der Waals surface area (Å²) in [6.45, 7) is 0.0619. The van der Waals surface area contributed by atoms with Gasteiger partial charge in [-0.05, 0) is 6.07 Å². The first kappa shape index (κ1) is 14.7. The van der Waals surface area contributed by atoms with E-state index in [4.69, 9.17) is 0 Å². The maximum atomic E-state index is 12.4. The van der Waals surface area contributed by atoms with Crippen molar-refractivity contribution in [3.05, 3.63) is 36.0 Å². The lowest BCUT2D eigenvalue weighted by Crippen LogP contribution is -2.11. The molecule has 0 atom stereocenters. The van der Waals surface area contributed by atoms with Gasteiger partial charge in [-0.2, -0.15) is 13.2 Å². The summed E-state index contributed by atoms with van der Waals surface area (Å²) in [4.78, 5) is 20.6. The number of hydrogen-bond donors (Lipinski definition) is 2. The molecule has 6 nitrogen and oxygen atoms in total. The van der Waals surface area contributed by atoms with Gasteiger partial charge in [0, 0.05) is 30.1 Å². The molecule has 110 valence electrons. The monoisotopic (exact) mass is 298 g/mol. The summed E-state index contributed by atoms with van der Waals surface area (Å²) in [7, 11) is 0. The van der Waals surface area contributed by atoms with E-state index in [9.17, 15) is 23.1 Å². The van der Waals surface area contributed by atoms with E-state index >= 15 is 0 Å². The van der Waals surface area contributed by atoms with Gasteiger partial charge in [0.15, 0.2) is 0 Å². The zero-order chi connectivity index (χ0) is 15.5. The summed E-state index contributed by atoms with van der Waals surface area (Å²) < 4.78 is 37.1. The highest BCUT2D eigenvalue weighted by Crippen LogP contribution is 2.27. The predicted octanol–water partition coefficient (Wildman–Crippen LogP) is 1.51. The summed E-state index contributed by atoms with van der Waals surface area (Å²) >= 11 is 0. The van der Waals surface area contributed by atoms with Gasteiger partial charge in [-0.25, -0.2) is 9.97 Å². The zero-order valence-electron chi connectivity index (χ0n) is 10.4. The molecule has 0 fully saturated rings. The van der Waals surface area contributed by atoms with Crippen LogP contribution in [0.15, 0.2) is 24.7 Å². The summed E-state index contributed by atoms with van der Waals surface area (Å²) in [6, 6.07) is 1.43. The third-order valence-electron chi connectivity index (χ3n) is 2.54. The molecule has 2 aromatic rings. The summed E-state index contributed by atoms with van der Waals surface area (Å²) in [5.41, 5.74) is 0.909. The smallest absolute Gasteiger partial charge is 0.451 e. The van der Waals surface area contributed by atoms with E-state index < -0.39 is 12.0 Å². The number of nitrogens with zero attached hydrogens (tertiary/aromatic N) is 3. The number of aromatic nitrogens is 3. The molecule has 0 aliphatic rings. The minimum atomic E-state index is -4.61. The molecule has 2 rings (SSSR count). The predicted molar refractivity (Wildman–Crippen MR) is 64.8 cm³/mol. The second-order valence-corrected chi connectivity index (χ2v) is 3.99. The van der Waals surface area contributed by atoms with Crippen molar-refractivity contribution in [2.75, 3.05) is 0 Å². The number of amides is 1. The number of pyridine rings is 1. The lowest BCUT2D eigenvalue weighted by molar-refractivity contribution is -0.145. The first-order chi connectivity index (χ1) is 9.91. The van der Waals surface area contributed by atoms with Crippen LogP contribution >= 0.6 is 0 Å². The van der Waals surface area contributed by atoms with Gasteiger partial charge in [0.05, 0.1) is 11.9 Å². The molecule has 9 heteroatoms. The Morgan fingerprint density at radius 2 is 1.86 bits per heavy atom. The van der Waals surface area contributed by atoms with Crippen LogP contribution < -0.4 is 5.32 Å². The van der Waals surface area contributed by atoms with Crippen LogP contribution in [0.4, 0.5) is 13.2 Å². The molecule has 0 bridgehead atoms. The minimum Gasteiger partial charge on any atom is -0.506 e. The van der Waals surface area contributed by atoms with E-state index in [-0.39, 0.29) is 23.6 Å².